The van der Waals surface area contributed by atoms with Crippen molar-refractivity contribution in [1.29, 1.82) is 0 Å². The van der Waals surface area contributed by atoms with E-state index in [2.05, 4.69) is 5.32 Å². The Balaban J connectivity index is 2.11. The first-order chi connectivity index (χ1) is 17.0. The lowest BCUT2D eigenvalue weighted by molar-refractivity contribution is 0.633. The third-order valence-corrected chi connectivity index (χ3v) is 3.69. The maximum absolute atomic E-state index is 15.7. The summed E-state index contributed by atoms with van der Waals surface area (Å²) in [5, 5.41) is 2.88. The Hall–Kier alpha value is -3.39. The minimum atomic E-state index is -0.912. The molecule has 0 aliphatic heterocycles. The van der Waals surface area contributed by atoms with Gasteiger partial charge in [0.2, 0.25) is 0 Å². The fraction of sp³-hybridized carbons (Fsp3) is 0. The highest BCUT2D eigenvalue weighted by atomic mass is 19.1. The highest BCUT2D eigenvalue weighted by Gasteiger charge is 2.14. The molecule has 0 heterocycles. The molecular formula is C24H18FN. The zero-order chi connectivity index (χ0) is 26.5. The summed E-state index contributed by atoms with van der Waals surface area (Å²) in [5.41, 5.74) is -0.550. The van der Waals surface area contributed by atoms with Gasteiger partial charge in [0, 0.05) is 11.3 Å². The Bertz CT molecular complexity index is 1460. The van der Waals surface area contributed by atoms with Crippen molar-refractivity contribution in [3.05, 3.63) is 109 Å². The number of hydrogen-bond donors (Lipinski definition) is 1. The van der Waals surface area contributed by atoms with Gasteiger partial charge in [-0.3, -0.25) is 0 Å². The van der Waals surface area contributed by atoms with Gasteiger partial charge in [-0.15, -0.1) is 0 Å². The number of para-hydroxylation sites is 1. The molecule has 1 N–H and O–H groups in total. The maximum atomic E-state index is 15.7. The van der Waals surface area contributed by atoms with Crippen molar-refractivity contribution >= 4 is 11.4 Å². The van der Waals surface area contributed by atoms with Gasteiger partial charge in [-0.25, -0.2) is 4.39 Å². The number of benzene rings is 4. The third kappa shape index (κ3) is 3.35. The van der Waals surface area contributed by atoms with Crippen LogP contribution < -0.4 is 5.32 Å². The predicted molar refractivity (Wildman–Crippen MR) is 107 cm³/mol. The summed E-state index contributed by atoms with van der Waals surface area (Å²) >= 11 is 0. The zero-order valence-corrected chi connectivity index (χ0v) is 13.4. The Labute approximate surface area is 166 Å². The Morgan fingerprint density at radius 2 is 1.31 bits per heavy atom. The van der Waals surface area contributed by atoms with E-state index in [1.807, 2.05) is 0 Å². The largest absolute Gasteiger partial charge is 0.353 e. The molecule has 4 aromatic carbocycles. The summed E-state index contributed by atoms with van der Waals surface area (Å²) in [6.07, 6.45) is 0. The molecule has 26 heavy (non-hydrogen) atoms. The SMILES string of the molecule is [2H]c1c([2H])c([2H])c(-c2cc(F)c(Nc3ccccc3)c(-c3c([2H])c([2H])c([2H])c([2H])c3[2H])c2)c([2H])c1[2H]. The Kier molecular flexibility index (Phi) is 2.32. The van der Waals surface area contributed by atoms with Crippen LogP contribution in [-0.2, 0) is 0 Å². The molecule has 0 saturated heterocycles. The summed E-state index contributed by atoms with van der Waals surface area (Å²) in [6.45, 7) is 0. The molecule has 0 spiro atoms. The Morgan fingerprint density at radius 3 is 1.96 bits per heavy atom. The number of halogens is 1. The van der Waals surface area contributed by atoms with E-state index in [-0.39, 0.29) is 27.9 Å². The number of rotatable bonds is 4. The second kappa shape index (κ2) is 7.24. The summed E-state index contributed by atoms with van der Waals surface area (Å²) in [7, 11) is 0. The molecule has 4 aromatic rings. The molecule has 0 fully saturated rings. The number of anilines is 2. The highest BCUT2D eigenvalue weighted by Crippen LogP contribution is 2.36. The zero-order valence-electron chi connectivity index (χ0n) is 23.4. The van der Waals surface area contributed by atoms with Crippen LogP contribution in [0.4, 0.5) is 15.8 Å². The normalized spacial score (nSPS) is 15.9. The van der Waals surface area contributed by atoms with Crippen molar-refractivity contribution in [3.8, 4) is 22.3 Å². The van der Waals surface area contributed by atoms with E-state index in [1.54, 1.807) is 30.3 Å². The van der Waals surface area contributed by atoms with Gasteiger partial charge < -0.3 is 5.32 Å². The molecule has 2 heteroatoms. The lowest BCUT2D eigenvalue weighted by Crippen LogP contribution is -1.98. The fourth-order valence-corrected chi connectivity index (χ4v) is 2.52. The number of nitrogens with one attached hydrogen (secondary N) is 1. The van der Waals surface area contributed by atoms with Crippen LogP contribution in [0.2, 0.25) is 0 Å². The standard InChI is InChI=1S/C24H18FN/c25-23-17-20(18-10-4-1-5-11-18)16-22(19-12-6-2-7-13-19)24(23)26-21-14-8-3-9-15-21/h1-17,26H/i1D,2D,4D,5D,6D,7D,10D,11D,12D,13D. The van der Waals surface area contributed by atoms with Gasteiger partial charge in [-0.2, -0.15) is 0 Å². The first kappa shape index (κ1) is 8.33. The quantitative estimate of drug-likeness (QED) is 0.422. The predicted octanol–water partition coefficient (Wildman–Crippen LogP) is 6.90. The van der Waals surface area contributed by atoms with Gasteiger partial charge in [-0.1, -0.05) is 78.6 Å². The summed E-state index contributed by atoms with van der Waals surface area (Å²) in [4.78, 5) is 0. The second-order valence-corrected chi connectivity index (χ2v) is 5.37. The van der Waals surface area contributed by atoms with E-state index < -0.39 is 66.2 Å². The van der Waals surface area contributed by atoms with Crippen molar-refractivity contribution < 1.29 is 18.1 Å². The summed E-state index contributed by atoms with van der Waals surface area (Å²) < 4.78 is 96.7. The van der Waals surface area contributed by atoms with Gasteiger partial charge in [-0.05, 0) is 41.0 Å². The first-order valence-corrected chi connectivity index (χ1v) is 7.75. The smallest absolute Gasteiger partial charge is 0.147 e. The molecule has 0 unspecified atom stereocenters. The topological polar surface area (TPSA) is 12.0 Å². The van der Waals surface area contributed by atoms with E-state index in [0.29, 0.717) is 5.69 Å². The molecule has 1 nitrogen and oxygen atoms in total. The molecule has 0 aliphatic rings. The second-order valence-electron chi connectivity index (χ2n) is 5.37. The van der Waals surface area contributed by atoms with Gasteiger partial charge in [0.25, 0.3) is 0 Å². The molecule has 0 saturated carbocycles. The van der Waals surface area contributed by atoms with Crippen LogP contribution in [0.15, 0.2) is 103 Å². The van der Waals surface area contributed by atoms with Crippen LogP contribution in [-0.4, -0.2) is 0 Å². The first-order valence-electron chi connectivity index (χ1n) is 12.8. The monoisotopic (exact) mass is 349 g/mol. The lowest BCUT2D eigenvalue weighted by atomic mass is 9.96. The molecule has 0 amide bonds. The van der Waals surface area contributed by atoms with E-state index >= 15 is 4.39 Å². The van der Waals surface area contributed by atoms with E-state index in [0.717, 1.165) is 6.07 Å². The number of hydrogen-bond acceptors (Lipinski definition) is 1. The van der Waals surface area contributed by atoms with Crippen LogP contribution in [0, 0.1) is 5.82 Å². The summed E-state index contributed by atoms with van der Waals surface area (Å²) in [5.74, 6) is -0.912. The van der Waals surface area contributed by atoms with Crippen LogP contribution >= 0.6 is 0 Å². The van der Waals surface area contributed by atoms with Crippen molar-refractivity contribution in [2.24, 2.45) is 0 Å². The summed E-state index contributed by atoms with van der Waals surface area (Å²) in [6, 6.07) is 4.74. The van der Waals surface area contributed by atoms with E-state index in [1.165, 1.54) is 6.07 Å². The van der Waals surface area contributed by atoms with Crippen molar-refractivity contribution in [2.45, 2.75) is 0 Å². The average molecular weight is 349 g/mol. The minimum Gasteiger partial charge on any atom is -0.353 e. The third-order valence-electron chi connectivity index (χ3n) is 3.69. The van der Waals surface area contributed by atoms with Crippen LogP contribution in [0.5, 0.6) is 0 Å². The van der Waals surface area contributed by atoms with Crippen molar-refractivity contribution in [3.63, 3.8) is 0 Å². The van der Waals surface area contributed by atoms with Crippen LogP contribution in [0.3, 0.4) is 0 Å². The molecule has 0 atom stereocenters. The maximum Gasteiger partial charge on any atom is 0.147 e. The van der Waals surface area contributed by atoms with Crippen LogP contribution in [0.25, 0.3) is 22.3 Å². The molecule has 4 rings (SSSR count). The molecule has 0 bridgehead atoms. The van der Waals surface area contributed by atoms with E-state index in [4.69, 9.17) is 13.7 Å². The highest BCUT2D eigenvalue weighted by molar-refractivity contribution is 5.85. The van der Waals surface area contributed by atoms with Gasteiger partial charge >= 0.3 is 0 Å². The van der Waals surface area contributed by atoms with Gasteiger partial charge in [0.1, 0.15) is 5.82 Å². The fourth-order valence-electron chi connectivity index (χ4n) is 2.52. The van der Waals surface area contributed by atoms with Crippen LogP contribution in [0.1, 0.15) is 13.7 Å². The lowest BCUT2D eigenvalue weighted by Gasteiger charge is -2.16. The minimum absolute atomic E-state index is 0.107. The van der Waals surface area contributed by atoms with Crippen molar-refractivity contribution in [2.75, 3.05) is 5.32 Å². The van der Waals surface area contributed by atoms with Gasteiger partial charge in [0.05, 0.1) is 19.4 Å². The molecule has 0 aliphatic carbocycles. The molecular weight excluding hydrogens is 321 g/mol. The van der Waals surface area contributed by atoms with E-state index in [9.17, 15) is 0 Å². The average Bonchev–Trinajstić information content (AvgIpc) is 2.86. The molecule has 0 radical (unpaired) electrons. The van der Waals surface area contributed by atoms with Crippen molar-refractivity contribution in [1.82, 2.24) is 0 Å². The molecule has 126 valence electrons. The molecule has 0 aromatic heterocycles. The van der Waals surface area contributed by atoms with Gasteiger partial charge in [0.15, 0.2) is 0 Å². The Morgan fingerprint density at radius 1 is 0.692 bits per heavy atom.